The van der Waals surface area contributed by atoms with Gasteiger partial charge in [0.2, 0.25) is 0 Å². The Labute approximate surface area is 181 Å². The third kappa shape index (κ3) is 3.77. The van der Waals surface area contributed by atoms with Crippen LogP contribution in [-0.4, -0.2) is 56.2 Å². The van der Waals surface area contributed by atoms with E-state index in [9.17, 15) is 9.59 Å². The van der Waals surface area contributed by atoms with E-state index in [1.807, 2.05) is 49.1 Å². The summed E-state index contributed by atoms with van der Waals surface area (Å²) in [6, 6.07) is 14.3. The Morgan fingerprint density at radius 1 is 0.871 bits per heavy atom. The monoisotopic (exact) mass is 422 g/mol. The van der Waals surface area contributed by atoms with Crippen LogP contribution in [0.4, 0.5) is 5.69 Å². The molecule has 0 N–H and O–H groups in total. The topological polar surface area (TPSA) is 68.3 Å². The second-order valence-corrected chi connectivity index (χ2v) is 7.74. The maximum Gasteiger partial charge on any atom is 0.282 e. The number of benzene rings is 2. The van der Waals surface area contributed by atoms with E-state index in [-0.39, 0.29) is 24.0 Å². The number of anilines is 1. The summed E-state index contributed by atoms with van der Waals surface area (Å²) < 4.78 is 16.5. The molecule has 2 aromatic rings. The summed E-state index contributed by atoms with van der Waals surface area (Å²) in [5, 5.41) is 0. The van der Waals surface area contributed by atoms with Crippen molar-refractivity contribution in [1.82, 2.24) is 4.90 Å². The van der Waals surface area contributed by atoms with Crippen LogP contribution < -0.4 is 14.4 Å². The van der Waals surface area contributed by atoms with E-state index in [0.717, 1.165) is 0 Å². The second kappa shape index (κ2) is 8.43. The predicted octanol–water partition coefficient (Wildman–Crippen LogP) is 3.10. The lowest BCUT2D eigenvalue weighted by Gasteiger charge is -2.37. The minimum atomic E-state index is -0.356. The van der Waals surface area contributed by atoms with Crippen molar-refractivity contribution in [3.63, 3.8) is 0 Å². The van der Waals surface area contributed by atoms with Gasteiger partial charge in [0.05, 0.1) is 37.7 Å². The molecule has 1 fully saturated rings. The molecule has 31 heavy (non-hydrogen) atoms. The normalized spacial score (nSPS) is 21.7. The van der Waals surface area contributed by atoms with Crippen LogP contribution in [0.25, 0.3) is 5.57 Å². The van der Waals surface area contributed by atoms with Crippen molar-refractivity contribution in [3.05, 3.63) is 59.8 Å². The Balaban J connectivity index is 1.81. The lowest BCUT2D eigenvalue weighted by atomic mass is 10.0. The first-order valence-electron chi connectivity index (χ1n) is 10.3. The first-order valence-corrected chi connectivity index (χ1v) is 10.3. The van der Waals surface area contributed by atoms with Crippen LogP contribution in [0.5, 0.6) is 11.5 Å². The van der Waals surface area contributed by atoms with E-state index in [0.29, 0.717) is 47.1 Å². The molecule has 7 nitrogen and oxygen atoms in total. The molecule has 7 heteroatoms. The van der Waals surface area contributed by atoms with Crippen LogP contribution in [0.1, 0.15) is 19.4 Å². The number of ether oxygens (including phenoxy) is 3. The third-order valence-corrected chi connectivity index (χ3v) is 5.48. The lowest BCUT2D eigenvalue weighted by Crippen LogP contribution is -2.47. The smallest absolute Gasteiger partial charge is 0.282 e. The van der Waals surface area contributed by atoms with Gasteiger partial charge in [-0.05, 0) is 31.5 Å². The molecule has 1 saturated heterocycles. The van der Waals surface area contributed by atoms with Gasteiger partial charge in [0.1, 0.15) is 5.70 Å². The molecule has 2 aliphatic rings. The number of imide groups is 1. The zero-order valence-electron chi connectivity index (χ0n) is 18.1. The lowest BCUT2D eigenvalue weighted by molar-refractivity contribution is -0.121. The highest BCUT2D eigenvalue weighted by Gasteiger charge is 2.44. The first-order chi connectivity index (χ1) is 14.9. The van der Waals surface area contributed by atoms with E-state index >= 15 is 0 Å². The van der Waals surface area contributed by atoms with E-state index in [2.05, 4.69) is 0 Å². The van der Waals surface area contributed by atoms with E-state index in [4.69, 9.17) is 14.2 Å². The van der Waals surface area contributed by atoms with Crippen LogP contribution in [0.3, 0.4) is 0 Å². The second-order valence-electron chi connectivity index (χ2n) is 7.74. The summed E-state index contributed by atoms with van der Waals surface area (Å²) in [4.78, 5) is 30.5. The molecule has 2 unspecified atom stereocenters. The van der Waals surface area contributed by atoms with E-state index < -0.39 is 0 Å². The first kappa shape index (κ1) is 20.9. The van der Waals surface area contributed by atoms with Gasteiger partial charge in [0, 0.05) is 19.2 Å². The Hall–Kier alpha value is -3.32. The molecule has 0 aliphatic carbocycles. The van der Waals surface area contributed by atoms with Crippen LogP contribution >= 0.6 is 0 Å². The molecule has 4 rings (SSSR count). The van der Waals surface area contributed by atoms with Crippen molar-refractivity contribution >= 4 is 23.1 Å². The van der Waals surface area contributed by atoms with Crippen molar-refractivity contribution in [2.75, 3.05) is 32.2 Å². The maximum absolute atomic E-state index is 13.7. The molecule has 0 aromatic heterocycles. The van der Waals surface area contributed by atoms with Gasteiger partial charge in [-0.2, -0.15) is 0 Å². The maximum atomic E-state index is 13.7. The molecule has 2 aliphatic heterocycles. The highest BCUT2D eigenvalue weighted by molar-refractivity contribution is 6.45. The highest BCUT2D eigenvalue weighted by Crippen LogP contribution is 2.38. The van der Waals surface area contributed by atoms with E-state index in [1.165, 1.54) is 19.1 Å². The molecule has 0 bridgehead atoms. The van der Waals surface area contributed by atoms with Crippen LogP contribution in [0.15, 0.2) is 54.2 Å². The number of morpholine rings is 1. The van der Waals surface area contributed by atoms with Crippen LogP contribution in [0.2, 0.25) is 0 Å². The van der Waals surface area contributed by atoms with Crippen LogP contribution in [0, 0.1) is 0 Å². The zero-order chi connectivity index (χ0) is 22.1. The van der Waals surface area contributed by atoms with Crippen molar-refractivity contribution in [1.29, 1.82) is 0 Å². The van der Waals surface area contributed by atoms with Gasteiger partial charge in [-0.1, -0.05) is 30.3 Å². The average molecular weight is 422 g/mol. The van der Waals surface area contributed by atoms with Gasteiger partial charge in [0.25, 0.3) is 11.8 Å². The van der Waals surface area contributed by atoms with Crippen molar-refractivity contribution in [2.45, 2.75) is 26.1 Å². The van der Waals surface area contributed by atoms with Gasteiger partial charge >= 0.3 is 0 Å². The quantitative estimate of drug-likeness (QED) is 0.690. The van der Waals surface area contributed by atoms with Gasteiger partial charge in [0.15, 0.2) is 11.5 Å². The number of rotatable bonds is 5. The van der Waals surface area contributed by atoms with Crippen molar-refractivity contribution in [3.8, 4) is 11.5 Å². The molecular formula is C24H26N2O5. The fourth-order valence-corrected chi connectivity index (χ4v) is 4.24. The minimum Gasteiger partial charge on any atom is -0.493 e. The molecule has 0 saturated carbocycles. The number of amides is 2. The SMILES string of the molecule is COc1ccc(N2C(=O)C(c3ccccc3)=C(N3CC(C)OC(C)C3)C2=O)cc1OC. The number of hydrogen-bond donors (Lipinski definition) is 0. The van der Waals surface area contributed by atoms with E-state index in [1.54, 1.807) is 18.2 Å². The number of nitrogens with zero attached hydrogens (tertiary/aromatic N) is 2. The fourth-order valence-electron chi connectivity index (χ4n) is 4.24. The van der Waals surface area contributed by atoms with Crippen molar-refractivity contribution < 1.29 is 23.8 Å². The Morgan fingerprint density at radius 3 is 2.13 bits per heavy atom. The summed E-state index contributed by atoms with van der Waals surface area (Å²) in [6.07, 6.45) is -0.0994. The van der Waals surface area contributed by atoms with Gasteiger partial charge < -0.3 is 19.1 Å². The largest absolute Gasteiger partial charge is 0.493 e. The number of hydrogen-bond acceptors (Lipinski definition) is 6. The zero-order valence-corrected chi connectivity index (χ0v) is 18.1. The minimum absolute atomic E-state index is 0.0497. The molecule has 2 amide bonds. The highest BCUT2D eigenvalue weighted by atomic mass is 16.5. The molecule has 0 spiro atoms. The summed E-state index contributed by atoms with van der Waals surface area (Å²) in [5.74, 6) is 0.268. The third-order valence-electron chi connectivity index (χ3n) is 5.48. The summed E-state index contributed by atoms with van der Waals surface area (Å²) in [5.41, 5.74) is 1.96. The standard InChI is InChI=1S/C24H26N2O5/c1-15-13-25(14-16(2)31-15)22-21(17-8-6-5-7-9-17)23(27)26(24(22)28)18-10-11-19(29-3)20(12-18)30-4/h5-12,15-16H,13-14H2,1-4H3. The number of carbonyl (C=O) groups excluding carboxylic acids is 2. The van der Waals surface area contributed by atoms with Gasteiger partial charge in [-0.3, -0.25) is 9.59 Å². The molecule has 2 heterocycles. The molecule has 2 aromatic carbocycles. The molecular weight excluding hydrogens is 396 g/mol. The summed E-state index contributed by atoms with van der Waals surface area (Å²) in [7, 11) is 3.06. The average Bonchev–Trinajstić information content (AvgIpc) is 3.03. The summed E-state index contributed by atoms with van der Waals surface area (Å²) >= 11 is 0. The Bertz CT molecular complexity index is 1020. The molecule has 0 radical (unpaired) electrons. The van der Waals surface area contributed by atoms with Crippen molar-refractivity contribution in [2.24, 2.45) is 0 Å². The Morgan fingerprint density at radius 2 is 1.52 bits per heavy atom. The van der Waals surface area contributed by atoms with Crippen LogP contribution in [-0.2, 0) is 14.3 Å². The number of carbonyl (C=O) groups is 2. The van der Waals surface area contributed by atoms with Gasteiger partial charge in [-0.25, -0.2) is 4.90 Å². The van der Waals surface area contributed by atoms with Gasteiger partial charge in [-0.15, -0.1) is 0 Å². The summed E-state index contributed by atoms with van der Waals surface area (Å²) in [6.45, 7) is 5.02. The molecule has 2 atom stereocenters. The fraction of sp³-hybridized carbons (Fsp3) is 0.333. The molecule has 162 valence electrons. The number of methoxy groups -OCH3 is 2. The Kier molecular flexibility index (Phi) is 5.69. The predicted molar refractivity (Wildman–Crippen MR) is 117 cm³/mol.